The van der Waals surface area contributed by atoms with Crippen molar-refractivity contribution in [2.24, 2.45) is 0 Å². The summed E-state index contributed by atoms with van der Waals surface area (Å²) in [5.74, 6) is -0.200. The minimum atomic E-state index is -2.98. The molecular formula is C9H8F2N2O. The lowest BCUT2D eigenvalue weighted by Crippen LogP contribution is -2.11. The smallest absolute Gasteiger partial charge is 0.288 e. The molecule has 14 heavy (non-hydrogen) atoms. The quantitative estimate of drug-likeness (QED) is 0.695. The molecule has 0 radical (unpaired) electrons. The number of alkyl halides is 2. The van der Waals surface area contributed by atoms with E-state index in [1.54, 1.807) is 0 Å². The molecule has 1 aliphatic rings. The first-order chi connectivity index (χ1) is 6.68. The summed E-state index contributed by atoms with van der Waals surface area (Å²) in [7, 11) is 0. The van der Waals surface area contributed by atoms with E-state index in [1.807, 2.05) is 0 Å². The van der Waals surface area contributed by atoms with E-state index in [9.17, 15) is 13.6 Å². The average Bonchev–Trinajstić information content (AvgIpc) is 3.00. The fourth-order valence-electron chi connectivity index (χ4n) is 1.14. The number of ketones is 1. The van der Waals surface area contributed by atoms with Gasteiger partial charge >= 0.3 is 6.43 Å². The van der Waals surface area contributed by atoms with Gasteiger partial charge in [-0.3, -0.25) is 4.79 Å². The number of rotatable bonds is 3. The molecule has 1 fully saturated rings. The van der Waals surface area contributed by atoms with Crippen molar-refractivity contribution < 1.29 is 13.6 Å². The van der Waals surface area contributed by atoms with Crippen LogP contribution in [0.3, 0.4) is 0 Å². The third kappa shape index (κ3) is 1.76. The lowest BCUT2D eigenvalue weighted by atomic mass is 10.2. The normalized spacial score (nSPS) is 15.9. The van der Waals surface area contributed by atoms with E-state index in [1.165, 1.54) is 12.4 Å². The zero-order valence-corrected chi connectivity index (χ0v) is 7.28. The zero-order chi connectivity index (χ0) is 10.1. The summed E-state index contributed by atoms with van der Waals surface area (Å²) >= 11 is 0. The van der Waals surface area contributed by atoms with Crippen LogP contribution in [0.4, 0.5) is 8.78 Å². The summed E-state index contributed by atoms with van der Waals surface area (Å²) in [6.07, 6.45) is 1.46. The van der Waals surface area contributed by atoms with E-state index in [0.29, 0.717) is 11.7 Å². The Hall–Kier alpha value is -1.39. The van der Waals surface area contributed by atoms with Crippen LogP contribution in [-0.2, 0) is 0 Å². The van der Waals surface area contributed by atoms with Gasteiger partial charge in [-0.15, -0.1) is 0 Å². The summed E-state index contributed by atoms with van der Waals surface area (Å²) in [4.78, 5) is 18.6. The molecule has 74 valence electrons. The summed E-state index contributed by atoms with van der Waals surface area (Å²) in [6, 6.07) is 0. The van der Waals surface area contributed by atoms with Gasteiger partial charge in [-0.05, 0) is 12.8 Å². The van der Waals surface area contributed by atoms with Crippen molar-refractivity contribution in [1.82, 2.24) is 9.97 Å². The second-order valence-electron chi connectivity index (χ2n) is 3.27. The summed E-state index contributed by atoms with van der Waals surface area (Å²) < 4.78 is 24.0. The van der Waals surface area contributed by atoms with E-state index in [-0.39, 0.29) is 5.56 Å². The maximum atomic E-state index is 12.0. The molecule has 1 aliphatic carbocycles. The van der Waals surface area contributed by atoms with Crippen LogP contribution in [0.15, 0.2) is 12.4 Å². The third-order valence-electron chi connectivity index (χ3n) is 2.10. The van der Waals surface area contributed by atoms with Crippen molar-refractivity contribution in [3.05, 3.63) is 23.8 Å². The lowest BCUT2D eigenvalue weighted by Gasteiger charge is -1.99. The zero-order valence-electron chi connectivity index (χ0n) is 7.28. The van der Waals surface area contributed by atoms with E-state index < -0.39 is 12.2 Å². The highest BCUT2D eigenvalue weighted by Gasteiger charge is 2.27. The van der Waals surface area contributed by atoms with Crippen molar-refractivity contribution in [1.29, 1.82) is 0 Å². The molecule has 5 heteroatoms. The molecule has 1 aromatic heterocycles. The Morgan fingerprint density at radius 2 is 1.93 bits per heavy atom. The molecule has 0 aromatic carbocycles. The number of halogens is 2. The number of Topliss-reactive ketones (excluding diaryl/α,β-unsaturated/α-hetero) is 1. The minimum absolute atomic E-state index is 0.121. The fraction of sp³-hybridized carbons (Fsp3) is 0.444. The largest absolute Gasteiger partial charge is 0.300 e. The van der Waals surface area contributed by atoms with E-state index in [2.05, 4.69) is 9.97 Å². The van der Waals surface area contributed by atoms with Gasteiger partial charge in [0.15, 0.2) is 0 Å². The number of hydrogen-bond acceptors (Lipinski definition) is 3. The fourth-order valence-corrected chi connectivity index (χ4v) is 1.14. The van der Waals surface area contributed by atoms with Crippen LogP contribution < -0.4 is 0 Å². The summed E-state index contributed by atoms with van der Waals surface area (Å²) in [5, 5.41) is 0. The van der Waals surface area contributed by atoms with Gasteiger partial charge < -0.3 is 0 Å². The highest BCUT2D eigenvalue weighted by atomic mass is 19.3. The van der Waals surface area contributed by atoms with Crippen molar-refractivity contribution in [3.63, 3.8) is 0 Å². The standard InChI is InChI=1S/C9H8F2N2O/c10-8(11)7(14)6-3-12-9(13-4-6)5-1-2-5/h3-5,8H,1-2H2. The molecule has 2 rings (SSSR count). The van der Waals surface area contributed by atoms with Gasteiger partial charge in [0.2, 0.25) is 5.78 Å². The monoisotopic (exact) mass is 198 g/mol. The first-order valence-corrected chi connectivity index (χ1v) is 4.33. The van der Waals surface area contributed by atoms with Crippen molar-refractivity contribution in [3.8, 4) is 0 Å². The Balaban J connectivity index is 2.16. The van der Waals surface area contributed by atoms with E-state index in [0.717, 1.165) is 12.8 Å². The number of hydrogen-bond donors (Lipinski definition) is 0. The Morgan fingerprint density at radius 3 is 2.36 bits per heavy atom. The predicted molar refractivity (Wildman–Crippen MR) is 44.3 cm³/mol. The molecule has 0 saturated heterocycles. The van der Waals surface area contributed by atoms with Crippen LogP contribution in [0.25, 0.3) is 0 Å². The predicted octanol–water partition coefficient (Wildman–Crippen LogP) is 1.80. The van der Waals surface area contributed by atoms with Crippen molar-refractivity contribution in [2.45, 2.75) is 25.2 Å². The second kappa shape index (κ2) is 3.40. The number of carbonyl (C=O) groups excluding carboxylic acids is 1. The Bertz CT molecular complexity index is 346. The molecular weight excluding hydrogens is 190 g/mol. The summed E-state index contributed by atoms with van der Waals surface area (Å²) in [6.45, 7) is 0. The third-order valence-corrected chi connectivity index (χ3v) is 2.10. The molecule has 0 N–H and O–H groups in total. The van der Waals surface area contributed by atoms with Crippen LogP contribution in [-0.4, -0.2) is 22.2 Å². The van der Waals surface area contributed by atoms with Crippen molar-refractivity contribution in [2.75, 3.05) is 0 Å². The van der Waals surface area contributed by atoms with Gasteiger partial charge in [0.25, 0.3) is 0 Å². The SMILES string of the molecule is O=C(c1cnc(C2CC2)nc1)C(F)F. The topological polar surface area (TPSA) is 42.9 Å². The van der Waals surface area contributed by atoms with Crippen LogP contribution >= 0.6 is 0 Å². The highest BCUT2D eigenvalue weighted by Crippen LogP contribution is 2.37. The van der Waals surface area contributed by atoms with Crippen LogP contribution in [0.5, 0.6) is 0 Å². The molecule has 1 aromatic rings. The maximum Gasteiger partial charge on any atom is 0.300 e. The molecule has 0 amide bonds. The second-order valence-corrected chi connectivity index (χ2v) is 3.27. The summed E-state index contributed by atoms with van der Waals surface area (Å²) in [5.41, 5.74) is -0.121. The van der Waals surface area contributed by atoms with Gasteiger partial charge in [-0.1, -0.05) is 0 Å². The van der Waals surface area contributed by atoms with Gasteiger partial charge in [0.1, 0.15) is 5.82 Å². The first kappa shape index (κ1) is 9.18. The molecule has 0 bridgehead atoms. The molecule has 0 atom stereocenters. The van der Waals surface area contributed by atoms with Crippen molar-refractivity contribution >= 4 is 5.78 Å². The molecule has 0 spiro atoms. The van der Waals surface area contributed by atoms with Gasteiger partial charge in [0, 0.05) is 18.3 Å². The average molecular weight is 198 g/mol. The lowest BCUT2D eigenvalue weighted by molar-refractivity contribution is 0.0678. The molecule has 1 heterocycles. The molecule has 0 unspecified atom stereocenters. The molecule has 0 aliphatic heterocycles. The van der Waals surface area contributed by atoms with E-state index in [4.69, 9.17) is 0 Å². The molecule has 1 saturated carbocycles. The van der Waals surface area contributed by atoms with Crippen LogP contribution in [0, 0.1) is 0 Å². The maximum absolute atomic E-state index is 12.0. The van der Waals surface area contributed by atoms with E-state index >= 15 is 0 Å². The Kier molecular flexibility index (Phi) is 2.23. The van der Waals surface area contributed by atoms with Gasteiger partial charge in [-0.2, -0.15) is 0 Å². The van der Waals surface area contributed by atoms with Crippen LogP contribution in [0.1, 0.15) is 34.9 Å². The Morgan fingerprint density at radius 1 is 1.36 bits per heavy atom. The highest BCUT2D eigenvalue weighted by molar-refractivity contribution is 5.97. The van der Waals surface area contributed by atoms with Crippen LogP contribution in [0.2, 0.25) is 0 Å². The van der Waals surface area contributed by atoms with Gasteiger partial charge in [-0.25, -0.2) is 18.7 Å². The van der Waals surface area contributed by atoms with Gasteiger partial charge in [0.05, 0.1) is 5.56 Å². The number of carbonyl (C=O) groups is 1. The Labute approximate surface area is 79.2 Å². The minimum Gasteiger partial charge on any atom is -0.288 e. The number of nitrogens with zero attached hydrogens (tertiary/aromatic N) is 2. The molecule has 3 nitrogen and oxygen atoms in total. The number of aromatic nitrogens is 2. The first-order valence-electron chi connectivity index (χ1n) is 4.33.